The average molecular weight is 403 g/mol. The van der Waals surface area contributed by atoms with E-state index in [0.29, 0.717) is 11.4 Å². The Bertz CT molecular complexity index is 1200. The van der Waals surface area contributed by atoms with Gasteiger partial charge in [-0.25, -0.2) is 4.98 Å². The van der Waals surface area contributed by atoms with Crippen LogP contribution in [0.25, 0.3) is 16.9 Å². The minimum atomic E-state index is -0.543. The summed E-state index contributed by atoms with van der Waals surface area (Å²) in [7, 11) is 0. The number of nitrogens with zero attached hydrogens (tertiary/aromatic N) is 4. The number of benzene rings is 2. The van der Waals surface area contributed by atoms with Crippen molar-refractivity contribution >= 4 is 17.5 Å². The maximum absolute atomic E-state index is 12.6. The van der Waals surface area contributed by atoms with Crippen molar-refractivity contribution in [3.63, 3.8) is 0 Å². The Kier molecular flexibility index (Phi) is 5.08. The molecule has 9 nitrogen and oxygen atoms in total. The summed E-state index contributed by atoms with van der Waals surface area (Å²) in [6.07, 6.45) is 5.49. The van der Waals surface area contributed by atoms with Gasteiger partial charge in [-0.05, 0) is 24.1 Å². The largest absolute Gasteiger partial charge is 0.338 e. The topological polar surface area (TPSA) is 116 Å². The van der Waals surface area contributed by atoms with Crippen molar-refractivity contribution in [2.75, 3.05) is 5.32 Å². The van der Waals surface area contributed by atoms with E-state index in [0.717, 1.165) is 12.0 Å². The van der Waals surface area contributed by atoms with Gasteiger partial charge in [0.1, 0.15) is 11.4 Å². The molecule has 0 aliphatic carbocycles. The highest BCUT2D eigenvalue weighted by molar-refractivity contribution is 6.04. The number of carbonyl (C=O) groups excluding carboxylic acids is 1. The van der Waals surface area contributed by atoms with Crippen LogP contribution < -0.4 is 5.32 Å². The van der Waals surface area contributed by atoms with E-state index in [9.17, 15) is 14.9 Å². The average Bonchev–Trinajstić information content (AvgIpc) is 3.46. The van der Waals surface area contributed by atoms with Crippen LogP contribution in [-0.2, 0) is 6.42 Å². The molecule has 30 heavy (non-hydrogen) atoms. The highest BCUT2D eigenvalue weighted by atomic mass is 16.6. The minimum absolute atomic E-state index is 0.121. The first-order valence-electron chi connectivity index (χ1n) is 9.19. The van der Waals surface area contributed by atoms with Gasteiger partial charge in [-0.2, -0.15) is 0 Å². The highest BCUT2D eigenvalue weighted by Gasteiger charge is 2.19. The van der Waals surface area contributed by atoms with Gasteiger partial charge >= 0.3 is 0 Å². The number of aryl methyl sites for hydroxylation is 1. The summed E-state index contributed by atoms with van der Waals surface area (Å²) in [6, 6.07) is 13.7. The Morgan fingerprint density at radius 1 is 1.20 bits per heavy atom. The van der Waals surface area contributed by atoms with Crippen LogP contribution in [0.2, 0.25) is 0 Å². The Morgan fingerprint density at radius 3 is 2.67 bits per heavy atom. The molecule has 1 N–H and O–H groups in total. The molecule has 1 amide bonds. The molecule has 0 bridgehead atoms. The molecular formula is C21H17N5O4. The van der Waals surface area contributed by atoms with E-state index in [2.05, 4.69) is 22.4 Å². The Hall–Kier alpha value is -4.27. The second-order valence-corrected chi connectivity index (χ2v) is 6.51. The summed E-state index contributed by atoms with van der Waals surface area (Å²) in [4.78, 5) is 27.4. The van der Waals surface area contributed by atoms with E-state index >= 15 is 0 Å². The first-order valence-corrected chi connectivity index (χ1v) is 9.19. The van der Waals surface area contributed by atoms with Crippen LogP contribution in [0, 0.1) is 10.1 Å². The van der Waals surface area contributed by atoms with E-state index in [-0.39, 0.29) is 17.1 Å². The zero-order valence-corrected chi connectivity index (χ0v) is 16.0. The highest BCUT2D eigenvalue weighted by Crippen LogP contribution is 2.26. The molecule has 0 aliphatic heterocycles. The maximum Gasteiger partial charge on any atom is 0.294 e. The van der Waals surface area contributed by atoms with Gasteiger partial charge in [0.25, 0.3) is 11.6 Å². The maximum atomic E-state index is 12.6. The first-order chi connectivity index (χ1) is 14.5. The molecule has 0 fully saturated rings. The second kappa shape index (κ2) is 8.00. The smallest absolute Gasteiger partial charge is 0.294 e. The Labute approximate surface area is 171 Å². The molecule has 2 aromatic heterocycles. The number of hydrogen-bond donors (Lipinski definition) is 1. The van der Waals surface area contributed by atoms with E-state index in [1.165, 1.54) is 40.9 Å². The van der Waals surface area contributed by atoms with Crippen molar-refractivity contribution in [3.05, 3.63) is 88.5 Å². The molecule has 2 aromatic carbocycles. The van der Waals surface area contributed by atoms with Gasteiger partial charge in [-0.3, -0.25) is 20.2 Å². The molecule has 150 valence electrons. The van der Waals surface area contributed by atoms with Crippen molar-refractivity contribution in [2.24, 2.45) is 0 Å². The lowest BCUT2D eigenvalue weighted by Crippen LogP contribution is -2.12. The van der Waals surface area contributed by atoms with E-state index in [1.807, 2.05) is 24.3 Å². The number of nitro benzene ring substituents is 1. The molecule has 0 unspecified atom stereocenters. The lowest BCUT2D eigenvalue weighted by molar-refractivity contribution is -0.384. The van der Waals surface area contributed by atoms with Gasteiger partial charge < -0.3 is 9.09 Å². The fourth-order valence-corrected chi connectivity index (χ4v) is 3.00. The predicted octanol–water partition coefficient (Wildman–Crippen LogP) is 4.25. The third-order valence-corrected chi connectivity index (χ3v) is 4.62. The van der Waals surface area contributed by atoms with Crippen LogP contribution in [-0.4, -0.2) is 25.5 Å². The lowest BCUT2D eigenvalue weighted by atomic mass is 10.1. The molecule has 9 heteroatoms. The van der Waals surface area contributed by atoms with Crippen molar-refractivity contribution in [1.82, 2.24) is 14.7 Å². The zero-order chi connectivity index (χ0) is 21.1. The summed E-state index contributed by atoms with van der Waals surface area (Å²) >= 11 is 0. The van der Waals surface area contributed by atoms with Crippen LogP contribution in [0.4, 0.5) is 11.6 Å². The van der Waals surface area contributed by atoms with Crippen molar-refractivity contribution in [3.8, 4) is 16.9 Å². The molecule has 0 saturated heterocycles. The minimum Gasteiger partial charge on any atom is -0.338 e. The number of hydrogen-bond acceptors (Lipinski definition) is 6. The summed E-state index contributed by atoms with van der Waals surface area (Å²) < 4.78 is 6.71. The predicted molar refractivity (Wildman–Crippen MR) is 109 cm³/mol. The molecule has 0 atom stereocenters. The normalized spacial score (nSPS) is 10.7. The van der Waals surface area contributed by atoms with Crippen LogP contribution in [0.3, 0.4) is 0 Å². The van der Waals surface area contributed by atoms with E-state index in [1.54, 1.807) is 12.3 Å². The Balaban J connectivity index is 1.55. The standard InChI is InChI=1S/C21H17N5O4/c1-2-14-3-5-15(6-4-14)17-12-20(30-24-17)23-21(27)16-7-8-18(19(11-16)26(28)29)25-10-9-22-13-25/h3-13H,2H2,1H3,(H,23,27). The van der Waals surface area contributed by atoms with Gasteiger partial charge in [0.05, 0.1) is 11.3 Å². The number of amides is 1. The van der Waals surface area contributed by atoms with Crippen LogP contribution >= 0.6 is 0 Å². The molecule has 2 heterocycles. The number of carbonyl (C=O) groups is 1. The molecule has 4 aromatic rings. The van der Waals surface area contributed by atoms with Crippen molar-refractivity contribution in [1.29, 1.82) is 0 Å². The monoisotopic (exact) mass is 403 g/mol. The SMILES string of the molecule is CCc1ccc(-c2cc(NC(=O)c3ccc(-n4ccnc4)c([N+](=O)[O-])c3)on2)cc1. The van der Waals surface area contributed by atoms with E-state index < -0.39 is 10.8 Å². The second-order valence-electron chi connectivity index (χ2n) is 6.51. The Morgan fingerprint density at radius 2 is 2.00 bits per heavy atom. The van der Waals surface area contributed by atoms with E-state index in [4.69, 9.17) is 4.52 Å². The lowest BCUT2D eigenvalue weighted by Gasteiger charge is -2.06. The van der Waals surface area contributed by atoms with Gasteiger partial charge in [-0.1, -0.05) is 36.3 Å². The summed E-state index contributed by atoms with van der Waals surface area (Å²) in [5.74, 6) is -0.393. The van der Waals surface area contributed by atoms with Crippen LogP contribution in [0.1, 0.15) is 22.8 Å². The fourth-order valence-electron chi connectivity index (χ4n) is 3.00. The fraction of sp³-hybridized carbons (Fsp3) is 0.0952. The third kappa shape index (κ3) is 3.81. The molecular weight excluding hydrogens is 386 g/mol. The molecule has 0 aliphatic rings. The third-order valence-electron chi connectivity index (χ3n) is 4.62. The van der Waals surface area contributed by atoms with Gasteiger partial charge in [0.2, 0.25) is 5.88 Å². The number of imidazole rings is 1. The summed E-state index contributed by atoms with van der Waals surface area (Å²) in [5, 5.41) is 18.0. The molecule has 0 spiro atoms. The number of nitrogens with one attached hydrogen (secondary N) is 1. The van der Waals surface area contributed by atoms with Crippen molar-refractivity contribution in [2.45, 2.75) is 13.3 Å². The number of aromatic nitrogens is 3. The zero-order valence-electron chi connectivity index (χ0n) is 16.0. The molecule has 4 rings (SSSR count). The number of nitro groups is 1. The number of rotatable bonds is 6. The van der Waals surface area contributed by atoms with Crippen LogP contribution in [0.5, 0.6) is 0 Å². The van der Waals surface area contributed by atoms with Gasteiger partial charge in [0, 0.05) is 35.7 Å². The number of anilines is 1. The molecule has 0 saturated carbocycles. The van der Waals surface area contributed by atoms with Crippen LogP contribution in [0.15, 0.2) is 71.8 Å². The first kappa shape index (κ1) is 19.1. The summed E-state index contributed by atoms with van der Waals surface area (Å²) in [6.45, 7) is 2.07. The summed E-state index contributed by atoms with van der Waals surface area (Å²) in [5.41, 5.74) is 2.86. The quantitative estimate of drug-likeness (QED) is 0.380. The van der Waals surface area contributed by atoms with Gasteiger partial charge in [-0.15, -0.1) is 0 Å². The molecule has 0 radical (unpaired) electrons. The van der Waals surface area contributed by atoms with Crippen molar-refractivity contribution < 1.29 is 14.2 Å². The van der Waals surface area contributed by atoms with Gasteiger partial charge in [0.15, 0.2) is 0 Å².